The maximum atomic E-state index is 13.2. The Hall–Kier alpha value is -1.73. The Morgan fingerprint density at radius 2 is 2.29 bits per heavy atom. The summed E-state index contributed by atoms with van der Waals surface area (Å²) >= 11 is 5.68. The topological polar surface area (TPSA) is 55.1 Å². The minimum atomic E-state index is -0.580. The van der Waals surface area contributed by atoms with Crippen molar-refractivity contribution in [2.24, 2.45) is 0 Å². The second-order valence-electron chi connectivity index (χ2n) is 3.38. The van der Waals surface area contributed by atoms with Crippen LogP contribution in [0, 0.1) is 17.7 Å². The zero-order valence-corrected chi connectivity index (χ0v) is 10.1. The molecule has 0 unspecified atom stereocenters. The molecule has 0 aromatic heterocycles. The lowest BCUT2D eigenvalue weighted by Crippen LogP contribution is -2.20. The molecule has 0 fully saturated rings. The quantitative estimate of drug-likeness (QED) is 0.481. The van der Waals surface area contributed by atoms with Gasteiger partial charge in [-0.1, -0.05) is 23.4 Å². The Balaban J connectivity index is 2.68. The van der Waals surface area contributed by atoms with Crippen molar-refractivity contribution in [3.63, 3.8) is 0 Å². The van der Waals surface area contributed by atoms with Crippen LogP contribution in [-0.4, -0.2) is 12.5 Å². The number of rotatable bonds is 2. The molecule has 90 valence electrons. The molecule has 1 amide bonds. The number of anilines is 1. The highest BCUT2D eigenvalue weighted by Crippen LogP contribution is 2.21. The van der Waals surface area contributed by atoms with Crippen LogP contribution in [0.1, 0.15) is 18.9 Å². The normalized spacial score (nSPS) is 9.35. The SMILES string of the molecule is CC(=O)NCCC#Cc1cc(Cl)cc(F)c1N. The average molecular weight is 255 g/mol. The van der Waals surface area contributed by atoms with Gasteiger partial charge in [0.25, 0.3) is 0 Å². The molecule has 3 N–H and O–H groups in total. The van der Waals surface area contributed by atoms with E-state index < -0.39 is 5.82 Å². The highest BCUT2D eigenvalue weighted by atomic mass is 35.5. The van der Waals surface area contributed by atoms with E-state index in [1.165, 1.54) is 13.0 Å². The predicted molar refractivity (Wildman–Crippen MR) is 66.0 cm³/mol. The number of nitrogens with one attached hydrogen (secondary N) is 1. The van der Waals surface area contributed by atoms with Gasteiger partial charge in [0.15, 0.2) is 0 Å². The molecule has 0 atom stereocenters. The van der Waals surface area contributed by atoms with Crippen LogP contribution in [0.2, 0.25) is 5.02 Å². The van der Waals surface area contributed by atoms with Crippen molar-refractivity contribution in [1.29, 1.82) is 0 Å². The van der Waals surface area contributed by atoms with Crippen molar-refractivity contribution in [1.82, 2.24) is 5.32 Å². The largest absolute Gasteiger partial charge is 0.395 e. The van der Waals surface area contributed by atoms with Crippen molar-refractivity contribution in [3.8, 4) is 11.8 Å². The van der Waals surface area contributed by atoms with E-state index in [1.807, 2.05) is 0 Å². The van der Waals surface area contributed by atoms with E-state index in [2.05, 4.69) is 17.2 Å². The Morgan fingerprint density at radius 1 is 1.59 bits per heavy atom. The summed E-state index contributed by atoms with van der Waals surface area (Å²) in [4.78, 5) is 10.6. The molecule has 1 aromatic rings. The van der Waals surface area contributed by atoms with E-state index >= 15 is 0 Å². The van der Waals surface area contributed by atoms with Gasteiger partial charge >= 0.3 is 0 Å². The molecule has 0 bridgehead atoms. The predicted octanol–water partition coefficient (Wildman–Crippen LogP) is 1.94. The van der Waals surface area contributed by atoms with Gasteiger partial charge < -0.3 is 11.1 Å². The van der Waals surface area contributed by atoms with Gasteiger partial charge in [-0.25, -0.2) is 4.39 Å². The maximum absolute atomic E-state index is 13.2. The van der Waals surface area contributed by atoms with Crippen LogP contribution in [0.5, 0.6) is 0 Å². The summed E-state index contributed by atoms with van der Waals surface area (Å²) in [5.74, 6) is 4.81. The first-order chi connectivity index (χ1) is 8.00. The van der Waals surface area contributed by atoms with Crippen LogP contribution < -0.4 is 11.1 Å². The van der Waals surface area contributed by atoms with Crippen LogP contribution in [0.3, 0.4) is 0 Å². The van der Waals surface area contributed by atoms with Gasteiger partial charge in [-0.05, 0) is 12.1 Å². The molecule has 0 heterocycles. The number of benzene rings is 1. The molecule has 0 radical (unpaired) electrons. The Bertz CT molecular complexity index is 491. The Kier molecular flexibility index (Phi) is 4.80. The summed E-state index contributed by atoms with van der Waals surface area (Å²) in [6, 6.07) is 2.64. The van der Waals surface area contributed by atoms with Crippen LogP contribution in [0.15, 0.2) is 12.1 Å². The molecule has 0 spiro atoms. The summed E-state index contributed by atoms with van der Waals surface area (Å²) < 4.78 is 13.2. The first-order valence-electron chi connectivity index (χ1n) is 4.98. The van der Waals surface area contributed by atoms with Gasteiger partial charge in [-0.3, -0.25) is 4.79 Å². The maximum Gasteiger partial charge on any atom is 0.216 e. The third-order valence-electron chi connectivity index (χ3n) is 1.94. The smallest absolute Gasteiger partial charge is 0.216 e. The van der Waals surface area contributed by atoms with Crippen molar-refractivity contribution in [2.45, 2.75) is 13.3 Å². The third kappa shape index (κ3) is 4.33. The first kappa shape index (κ1) is 13.3. The van der Waals surface area contributed by atoms with Crippen LogP contribution in [-0.2, 0) is 4.79 Å². The summed E-state index contributed by atoms with van der Waals surface area (Å²) in [7, 11) is 0. The zero-order chi connectivity index (χ0) is 12.8. The molecule has 0 aliphatic heterocycles. The van der Waals surface area contributed by atoms with E-state index in [0.29, 0.717) is 18.5 Å². The van der Waals surface area contributed by atoms with E-state index in [4.69, 9.17) is 17.3 Å². The summed E-state index contributed by atoms with van der Waals surface area (Å²) in [5.41, 5.74) is 5.86. The lowest BCUT2D eigenvalue weighted by molar-refractivity contribution is -0.118. The Morgan fingerprint density at radius 3 is 2.94 bits per heavy atom. The van der Waals surface area contributed by atoms with Crippen LogP contribution >= 0.6 is 11.6 Å². The number of nitrogens with two attached hydrogens (primary N) is 1. The number of hydrogen-bond acceptors (Lipinski definition) is 2. The fraction of sp³-hybridized carbons (Fsp3) is 0.250. The third-order valence-corrected chi connectivity index (χ3v) is 2.16. The first-order valence-corrected chi connectivity index (χ1v) is 5.36. The lowest BCUT2D eigenvalue weighted by Gasteiger charge is -2.00. The minimum Gasteiger partial charge on any atom is -0.395 e. The molecule has 0 saturated heterocycles. The summed E-state index contributed by atoms with van der Waals surface area (Å²) in [6.45, 7) is 1.88. The number of carbonyl (C=O) groups excluding carboxylic acids is 1. The monoisotopic (exact) mass is 254 g/mol. The molecule has 5 heteroatoms. The molecule has 1 rings (SSSR count). The molecule has 1 aromatic carbocycles. The van der Waals surface area contributed by atoms with E-state index in [-0.39, 0.29) is 16.6 Å². The zero-order valence-electron chi connectivity index (χ0n) is 9.31. The van der Waals surface area contributed by atoms with Crippen molar-refractivity contribution in [3.05, 3.63) is 28.5 Å². The molecule has 0 saturated carbocycles. The standard InChI is InChI=1S/C12H12ClFN2O/c1-8(17)16-5-3-2-4-9-6-10(13)7-11(14)12(9)15/h6-7H,3,5,15H2,1H3,(H,16,17). The number of amides is 1. The summed E-state index contributed by atoms with van der Waals surface area (Å²) in [6.07, 6.45) is 0.465. The summed E-state index contributed by atoms with van der Waals surface area (Å²) in [5, 5.41) is 2.85. The Labute approximate surface area is 104 Å². The van der Waals surface area contributed by atoms with E-state index in [0.717, 1.165) is 6.07 Å². The second kappa shape index (κ2) is 6.12. The molecular weight excluding hydrogens is 243 g/mol. The molecule has 0 aliphatic carbocycles. The lowest BCUT2D eigenvalue weighted by atomic mass is 10.1. The molecular formula is C12H12ClFN2O. The number of halogens is 2. The number of nitrogen functional groups attached to an aromatic ring is 1. The number of carbonyl (C=O) groups is 1. The van der Waals surface area contributed by atoms with Crippen LogP contribution in [0.4, 0.5) is 10.1 Å². The molecule has 3 nitrogen and oxygen atoms in total. The van der Waals surface area contributed by atoms with Crippen LogP contribution in [0.25, 0.3) is 0 Å². The molecule has 17 heavy (non-hydrogen) atoms. The van der Waals surface area contributed by atoms with Gasteiger partial charge in [0.2, 0.25) is 5.91 Å². The fourth-order valence-electron chi connectivity index (χ4n) is 1.15. The fourth-order valence-corrected chi connectivity index (χ4v) is 1.35. The van der Waals surface area contributed by atoms with Gasteiger partial charge in [-0.15, -0.1) is 0 Å². The van der Waals surface area contributed by atoms with Gasteiger partial charge in [0, 0.05) is 24.9 Å². The van der Waals surface area contributed by atoms with Gasteiger partial charge in [0.05, 0.1) is 11.3 Å². The minimum absolute atomic E-state index is 0.0126. The van der Waals surface area contributed by atoms with Crippen molar-refractivity contribution >= 4 is 23.2 Å². The average Bonchev–Trinajstić information content (AvgIpc) is 2.23. The van der Waals surface area contributed by atoms with Crippen molar-refractivity contribution < 1.29 is 9.18 Å². The number of hydrogen-bond donors (Lipinski definition) is 2. The molecule has 0 aliphatic rings. The van der Waals surface area contributed by atoms with Gasteiger partial charge in [0.1, 0.15) is 5.82 Å². The highest BCUT2D eigenvalue weighted by Gasteiger charge is 2.04. The highest BCUT2D eigenvalue weighted by molar-refractivity contribution is 6.30. The second-order valence-corrected chi connectivity index (χ2v) is 3.82. The van der Waals surface area contributed by atoms with Gasteiger partial charge in [-0.2, -0.15) is 0 Å². The van der Waals surface area contributed by atoms with E-state index in [1.54, 1.807) is 0 Å². The van der Waals surface area contributed by atoms with E-state index in [9.17, 15) is 9.18 Å². The van der Waals surface area contributed by atoms with Crippen molar-refractivity contribution in [2.75, 3.05) is 12.3 Å².